The molecule has 2 heteroatoms. The molecule has 0 radical (unpaired) electrons. The predicted molar refractivity (Wildman–Crippen MR) is 63.3 cm³/mol. The summed E-state index contributed by atoms with van der Waals surface area (Å²) in [5.74, 6) is 0. The average Bonchev–Trinajstić information content (AvgIpc) is 2.72. The van der Waals surface area contributed by atoms with Crippen molar-refractivity contribution in [1.29, 1.82) is 0 Å². The highest BCUT2D eigenvalue weighted by molar-refractivity contribution is 5.72. The molecule has 0 amide bonds. The second kappa shape index (κ2) is 6.44. The molecule has 1 heterocycles. The van der Waals surface area contributed by atoms with Crippen LogP contribution in [-0.4, -0.2) is 10.9 Å². The number of hydrogen-bond acceptors (Lipinski definition) is 1. The predicted octanol–water partition coefficient (Wildman–Crippen LogP) is 3.83. The van der Waals surface area contributed by atoms with Crippen molar-refractivity contribution in [3.05, 3.63) is 24.0 Å². The zero-order chi connectivity index (χ0) is 11.1. The second-order valence-electron chi connectivity index (χ2n) is 4.16. The van der Waals surface area contributed by atoms with Crippen LogP contribution in [0.25, 0.3) is 0 Å². The van der Waals surface area contributed by atoms with Gasteiger partial charge in [0.05, 0.1) is 5.69 Å². The standard InChI is InChI=1S/C13H21NO/c1-3-4-5-6-8-12(2)14-10-7-9-13(14)11-15/h7,9-12H,3-6,8H2,1-2H3. The zero-order valence-electron chi connectivity index (χ0n) is 9.78. The highest BCUT2D eigenvalue weighted by Gasteiger charge is 2.07. The molecule has 0 fully saturated rings. The fraction of sp³-hybridized carbons (Fsp3) is 0.615. The minimum Gasteiger partial charge on any atom is -0.343 e. The third-order valence-electron chi connectivity index (χ3n) is 2.88. The number of aromatic nitrogens is 1. The van der Waals surface area contributed by atoms with Crippen molar-refractivity contribution in [1.82, 2.24) is 4.57 Å². The maximum Gasteiger partial charge on any atom is 0.166 e. The first-order valence-corrected chi connectivity index (χ1v) is 5.91. The van der Waals surface area contributed by atoms with Crippen LogP contribution in [0.2, 0.25) is 0 Å². The Hall–Kier alpha value is -1.05. The third-order valence-corrected chi connectivity index (χ3v) is 2.88. The molecule has 0 saturated carbocycles. The van der Waals surface area contributed by atoms with E-state index in [2.05, 4.69) is 18.4 Å². The second-order valence-corrected chi connectivity index (χ2v) is 4.16. The minimum absolute atomic E-state index is 0.442. The molecular formula is C13H21NO. The van der Waals surface area contributed by atoms with E-state index in [1.165, 1.54) is 25.7 Å². The van der Waals surface area contributed by atoms with E-state index in [9.17, 15) is 4.79 Å². The molecule has 1 aromatic heterocycles. The Bertz CT molecular complexity index is 290. The zero-order valence-corrected chi connectivity index (χ0v) is 9.78. The fourth-order valence-corrected chi connectivity index (χ4v) is 1.91. The van der Waals surface area contributed by atoms with Gasteiger partial charge in [0.1, 0.15) is 0 Å². The van der Waals surface area contributed by atoms with E-state index < -0.39 is 0 Å². The van der Waals surface area contributed by atoms with Crippen molar-refractivity contribution in [3.63, 3.8) is 0 Å². The van der Waals surface area contributed by atoms with Crippen LogP contribution in [0.4, 0.5) is 0 Å². The van der Waals surface area contributed by atoms with E-state index >= 15 is 0 Å². The monoisotopic (exact) mass is 207 g/mol. The van der Waals surface area contributed by atoms with Crippen LogP contribution in [0, 0.1) is 0 Å². The van der Waals surface area contributed by atoms with Gasteiger partial charge < -0.3 is 4.57 Å². The molecule has 1 unspecified atom stereocenters. The number of nitrogens with zero attached hydrogens (tertiary/aromatic N) is 1. The molecule has 15 heavy (non-hydrogen) atoms. The number of carbonyl (C=O) groups excluding carboxylic acids is 1. The van der Waals surface area contributed by atoms with Crippen LogP contribution >= 0.6 is 0 Å². The number of hydrogen-bond donors (Lipinski definition) is 0. The number of rotatable bonds is 7. The van der Waals surface area contributed by atoms with Crippen molar-refractivity contribution >= 4 is 6.29 Å². The molecule has 1 aromatic rings. The fourth-order valence-electron chi connectivity index (χ4n) is 1.91. The number of unbranched alkanes of at least 4 members (excludes halogenated alkanes) is 3. The summed E-state index contributed by atoms with van der Waals surface area (Å²) in [4.78, 5) is 10.7. The normalized spacial score (nSPS) is 12.7. The molecule has 0 N–H and O–H groups in total. The van der Waals surface area contributed by atoms with Gasteiger partial charge >= 0.3 is 0 Å². The topological polar surface area (TPSA) is 22.0 Å². The summed E-state index contributed by atoms with van der Waals surface area (Å²) >= 11 is 0. The summed E-state index contributed by atoms with van der Waals surface area (Å²) < 4.78 is 2.07. The van der Waals surface area contributed by atoms with E-state index in [-0.39, 0.29) is 0 Å². The Balaban J connectivity index is 2.39. The molecule has 0 saturated heterocycles. The van der Waals surface area contributed by atoms with Gasteiger partial charge in [0, 0.05) is 12.2 Å². The van der Waals surface area contributed by atoms with Crippen LogP contribution in [-0.2, 0) is 0 Å². The summed E-state index contributed by atoms with van der Waals surface area (Å²) in [5, 5.41) is 0. The van der Waals surface area contributed by atoms with Crippen LogP contribution in [0.1, 0.15) is 62.5 Å². The SMILES string of the molecule is CCCCCCC(C)n1cccc1C=O. The van der Waals surface area contributed by atoms with Gasteiger partial charge in [-0.15, -0.1) is 0 Å². The van der Waals surface area contributed by atoms with E-state index in [0.29, 0.717) is 6.04 Å². The van der Waals surface area contributed by atoms with Gasteiger partial charge in [-0.25, -0.2) is 0 Å². The van der Waals surface area contributed by atoms with Gasteiger partial charge in [0.2, 0.25) is 0 Å². The Labute approximate surface area is 92.3 Å². The molecule has 84 valence electrons. The molecule has 2 nitrogen and oxygen atoms in total. The largest absolute Gasteiger partial charge is 0.343 e. The van der Waals surface area contributed by atoms with E-state index in [1.54, 1.807) is 0 Å². The van der Waals surface area contributed by atoms with Crippen LogP contribution in [0.15, 0.2) is 18.3 Å². The van der Waals surface area contributed by atoms with Gasteiger partial charge in [-0.2, -0.15) is 0 Å². The Morgan fingerprint density at radius 1 is 1.40 bits per heavy atom. The smallest absolute Gasteiger partial charge is 0.166 e. The van der Waals surface area contributed by atoms with Gasteiger partial charge in [-0.05, 0) is 25.5 Å². The van der Waals surface area contributed by atoms with Crippen molar-refractivity contribution in [3.8, 4) is 0 Å². The number of carbonyl (C=O) groups is 1. The van der Waals surface area contributed by atoms with E-state index in [1.807, 2.05) is 18.3 Å². The van der Waals surface area contributed by atoms with Gasteiger partial charge in [0.25, 0.3) is 0 Å². The van der Waals surface area contributed by atoms with Crippen LogP contribution < -0.4 is 0 Å². The average molecular weight is 207 g/mol. The minimum atomic E-state index is 0.442. The maximum absolute atomic E-state index is 10.7. The summed E-state index contributed by atoms with van der Waals surface area (Å²) in [6.45, 7) is 4.40. The Morgan fingerprint density at radius 3 is 2.87 bits per heavy atom. The van der Waals surface area contributed by atoms with E-state index in [0.717, 1.165) is 18.4 Å². The lowest BCUT2D eigenvalue weighted by Crippen LogP contribution is -2.07. The van der Waals surface area contributed by atoms with Crippen molar-refractivity contribution < 1.29 is 4.79 Å². The first-order valence-electron chi connectivity index (χ1n) is 5.91. The molecule has 0 aliphatic rings. The summed E-state index contributed by atoms with van der Waals surface area (Å²) in [7, 11) is 0. The molecule has 0 spiro atoms. The lowest BCUT2D eigenvalue weighted by molar-refractivity contribution is 0.111. The maximum atomic E-state index is 10.7. The first-order chi connectivity index (χ1) is 7.29. The quantitative estimate of drug-likeness (QED) is 0.492. The Morgan fingerprint density at radius 2 is 2.20 bits per heavy atom. The van der Waals surface area contributed by atoms with E-state index in [4.69, 9.17) is 0 Å². The highest BCUT2D eigenvalue weighted by atomic mass is 16.1. The molecule has 0 aromatic carbocycles. The van der Waals surface area contributed by atoms with Crippen molar-refractivity contribution in [2.75, 3.05) is 0 Å². The molecular weight excluding hydrogens is 186 g/mol. The highest BCUT2D eigenvalue weighted by Crippen LogP contribution is 2.17. The Kier molecular flexibility index (Phi) is 5.16. The van der Waals surface area contributed by atoms with Crippen LogP contribution in [0.5, 0.6) is 0 Å². The van der Waals surface area contributed by atoms with Gasteiger partial charge in [-0.1, -0.05) is 32.6 Å². The molecule has 0 aliphatic carbocycles. The molecule has 1 atom stereocenters. The van der Waals surface area contributed by atoms with Crippen LogP contribution in [0.3, 0.4) is 0 Å². The van der Waals surface area contributed by atoms with Crippen molar-refractivity contribution in [2.24, 2.45) is 0 Å². The molecule has 0 aliphatic heterocycles. The summed E-state index contributed by atoms with van der Waals surface area (Å²) in [6.07, 6.45) is 9.24. The summed E-state index contributed by atoms with van der Waals surface area (Å²) in [5.41, 5.74) is 0.790. The molecule has 1 rings (SSSR count). The third kappa shape index (κ3) is 3.54. The van der Waals surface area contributed by atoms with Gasteiger partial charge in [-0.3, -0.25) is 4.79 Å². The van der Waals surface area contributed by atoms with Gasteiger partial charge in [0.15, 0.2) is 6.29 Å². The first kappa shape index (κ1) is 12.0. The number of aldehydes is 1. The van der Waals surface area contributed by atoms with Crippen molar-refractivity contribution in [2.45, 2.75) is 52.0 Å². The molecule has 0 bridgehead atoms. The summed E-state index contributed by atoms with van der Waals surface area (Å²) in [6, 6.07) is 4.25. The lowest BCUT2D eigenvalue weighted by atomic mass is 10.1. The lowest BCUT2D eigenvalue weighted by Gasteiger charge is -2.15.